The molecule has 1 amide bonds. The van der Waals surface area contributed by atoms with E-state index in [-0.39, 0.29) is 0 Å². The smallest absolute Gasteiger partial charge is 0.451 e. The maximum Gasteiger partial charge on any atom is 0.451 e. The van der Waals surface area contributed by atoms with Crippen molar-refractivity contribution in [3.05, 3.63) is 65.5 Å². The van der Waals surface area contributed by atoms with Gasteiger partial charge >= 0.3 is 6.18 Å². The van der Waals surface area contributed by atoms with Gasteiger partial charge in [-0.15, -0.1) is 5.10 Å². The number of alkyl halides is 3. The summed E-state index contributed by atoms with van der Waals surface area (Å²) in [5.41, 5.74) is 1.21. The Morgan fingerprint density at radius 1 is 1.04 bits per heavy atom. The van der Waals surface area contributed by atoms with Crippen molar-refractivity contribution in [2.75, 3.05) is 5.32 Å². The highest BCUT2D eigenvalue weighted by molar-refractivity contribution is 5.98. The Hall–Kier alpha value is -3.36. The summed E-state index contributed by atoms with van der Waals surface area (Å²) < 4.78 is 43.7. The minimum absolute atomic E-state index is 0.441. The van der Waals surface area contributed by atoms with E-state index in [1.165, 1.54) is 0 Å². The topological polar surface area (TPSA) is 79.9 Å². The van der Waals surface area contributed by atoms with Gasteiger partial charge in [0.25, 0.3) is 0 Å². The predicted molar refractivity (Wildman–Crippen MR) is 84.8 cm³/mol. The number of ether oxygens (including phenoxy) is 1. The lowest BCUT2D eigenvalue weighted by molar-refractivity contribution is -0.144. The van der Waals surface area contributed by atoms with Crippen LogP contribution in [0, 0.1) is 0 Å². The number of carbonyl (C=O) groups is 1. The molecule has 6 nitrogen and oxygen atoms in total. The van der Waals surface area contributed by atoms with E-state index in [1.54, 1.807) is 53.6 Å². The van der Waals surface area contributed by atoms with Crippen LogP contribution >= 0.6 is 0 Å². The first-order valence-electron chi connectivity index (χ1n) is 7.59. The number of nitrogens with zero attached hydrogens (tertiary/aromatic N) is 2. The molecule has 132 valence electrons. The van der Waals surface area contributed by atoms with Crippen LogP contribution in [0.1, 0.15) is 22.9 Å². The van der Waals surface area contributed by atoms with E-state index in [4.69, 9.17) is 4.74 Å². The molecule has 0 spiro atoms. The summed E-state index contributed by atoms with van der Waals surface area (Å²) in [6.45, 7) is 0. The zero-order valence-electron chi connectivity index (χ0n) is 13.0. The number of hydrogen-bond acceptors (Lipinski definition) is 4. The van der Waals surface area contributed by atoms with E-state index >= 15 is 0 Å². The monoisotopic (exact) mass is 360 g/mol. The number of nitrogens with one attached hydrogen (secondary N) is 2. The second-order valence-corrected chi connectivity index (χ2v) is 5.61. The van der Waals surface area contributed by atoms with Crippen molar-refractivity contribution in [3.63, 3.8) is 0 Å². The number of aromatic amines is 1. The van der Waals surface area contributed by atoms with Crippen molar-refractivity contribution >= 4 is 11.9 Å². The second-order valence-electron chi connectivity index (χ2n) is 5.61. The largest absolute Gasteiger partial charge is 0.457 e. The van der Waals surface area contributed by atoms with Crippen molar-refractivity contribution in [3.8, 4) is 11.5 Å². The van der Waals surface area contributed by atoms with Gasteiger partial charge in [0.05, 0.1) is 5.92 Å². The molecule has 0 radical (unpaired) electrons. The Kier molecular flexibility index (Phi) is 3.64. The number of amides is 1. The van der Waals surface area contributed by atoms with Crippen LogP contribution in [0.2, 0.25) is 0 Å². The number of hydrogen-bond donors (Lipinski definition) is 2. The average molecular weight is 360 g/mol. The van der Waals surface area contributed by atoms with Gasteiger partial charge in [-0.25, -0.2) is 0 Å². The molecule has 2 heterocycles. The summed E-state index contributed by atoms with van der Waals surface area (Å²) in [5, 5.41) is 7.51. The fraction of sp³-hybridized carbons (Fsp3) is 0.118. The Balaban J connectivity index is 1.69. The van der Waals surface area contributed by atoms with E-state index < -0.39 is 29.8 Å². The summed E-state index contributed by atoms with van der Waals surface area (Å²) in [6, 6.07) is 14.0. The summed E-state index contributed by atoms with van der Waals surface area (Å²) in [6.07, 6.45) is -4.67. The summed E-state index contributed by atoms with van der Waals surface area (Å²) in [4.78, 5) is 16.1. The van der Waals surface area contributed by atoms with Crippen LogP contribution in [0.3, 0.4) is 0 Å². The minimum Gasteiger partial charge on any atom is -0.457 e. The highest BCUT2D eigenvalue weighted by Crippen LogP contribution is 2.44. The first kappa shape index (κ1) is 16.1. The molecule has 0 saturated heterocycles. The number of para-hydroxylation sites is 2. The van der Waals surface area contributed by atoms with E-state index in [2.05, 4.69) is 15.4 Å². The molecule has 1 aromatic heterocycles. The molecular formula is C17H11F3N4O2. The number of aromatic nitrogens is 3. The molecule has 0 aliphatic carbocycles. The molecule has 1 aliphatic heterocycles. The van der Waals surface area contributed by atoms with Gasteiger partial charge in [-0.3, -0.25) is 15.2 Å². The third kappa shape index (κ3) is 2.77. The van der Waals surface area contributed by atoms with Gasteiger partial charge in [-0.2, -0.15) is 18.2 Å². The average Bonchev–Trinajstić information content (AvgIpc) is 3.08. The normalized spacial score (nSPS) is 13.5. The third-order valence-corrected chi connectivity index (χ3v) is 3.93. The van der Waals surface area contributed by atoms with Crippen LogP contribution < -0.4 is 10.1 Å². The van der Waals surface area contributed by atoms with Gasteiger partial charge < -0.3 is 4.74 Å². The Bertz CT molecular complexity index is 938. The fourth-order valence-electron chi connectivity index (χ4n) is 2.82. The predicted octanol–water partition coefficient (Wildman–Crippen LogP) is 3.70. The maximum absolute atomic E-state index is 12.8. The molecule has 0 saturated carbocycles. The van der Waals surface area contributed by atoms with Crippen molar-refractivity contribution in [1.82, 2.24) is 15.2 Å². The first-order chi connectivity index (χ1) is 12.4. The highest BCUT2D eigenvalue weighted by atomic mass is 19.4. The SMILES string of the molecule is O=C(Nc1n[nH]c(C(F)(F)F)n1)C1c2ccccc2Oc2ccccc21. The molecule has 0 bridgehead atoms. The van der Waals surface area contributed by atoms with Crippen molar-refractivity contribution in [2.45, 2.75) is 12.1 Å². The molecule has 2 N–H and O–H groups in total. The summed E-state index contributed by atoms with van der Waals surface area (Å²) in [7, 11) is 0. The zero-order chi connectivity index (χ0) is 18.3. The van der Waals surface area contributed by atoms with Crippen LogP contribution in [-0.2, 0) is 11.0 Å². The number of fused-ring (bicyclic) bond motifs is 2. The summed E-state index contributed by atoms with van der Waals surface area (Å²) >= 11 is 0. The second kappa shape index (κ2) is 5.87. The summed E-state index contributed by atoms with van der Waals surface area (Å²) in [5.74, 6) is -2.01. The number of rotatable bonds is 2. The molecule has 2 aromatic carbocycles. The fourth-order valence-corrected chi connectivity index (χ4v) is 2.82. The van der Waals surface area contributed by atoms with Crippen LogP contribution in [0.25, 0.3) is 0 Å². The van der Waals surface area contributed by atoms with Gasteiger partial charge in [-0.1, -0.05) is 36.4 Å². The molecule has 9 heteroatoms. The third-order valence-electron chi connectivity index (χ3n) is 3.93. The van der Waals surface area contributed by atoms with Gasteiger partial charge in [-0.05, 0) is 12.1 Å². The maximum atomic E-state index is 12.8. The van der Waals surface area contributed by atoms with E-state index in [1.807, 2.05) is 0 Å². The van der Waals surface area contributed by atoms with Crippen LogP contribution in [0.5, 0.6) is 11.5 Å². The van der Waals surface area contributed by atoms with E-state index in [0.29, 0.717) is 22.6 Å². The Labute approximate surface area is 145 Å². The van der Waals surface area contributed by atoms with Crippen LogP contribution in [0.15, 0.2) is 48.5 Å². The number of halogens is 3. The van der Waals surface area contributed by atoms with Gasteiger partial charge in [0, 0.05) is 11.1 Å². The highest BCUT2D eigenvalue weighted by Gasteiger charge is 2.36. The van der Waals surface area contributed by atoms with Crippen molar-refractivity contribution in [2.24, 2.45) is 0 Å². The molecule has 0 unspecified atom stereocenters. The number of H-pyrrole nitrogens is 1. The Morgan fingerprint density at radius 2 is 1.62 bits per heavy atom. The molecule has 0 fully saturated rings. The standard InChI is InChI=1S/C17H11F3N4O2/c18-17(19,20)15-22-16(24-23-15)21-14(25)13-9-5-1-3-7-11(9)26-12-8-4-2-6-10(12)13/h1-8,13H,(H2,21,22,23,24,25). The lowest BCUT2D eigenvalue weighted by atomic mass is 9.87. The van der Waals surface area contributed by atoms with Gasteiger partial charge in [0.15, 0.2) is 0 Å². The number of carbonyl (C=O) groups excluding carboxylic acids is 1. The molecule has 4 rings (SSSR count). The molecule has 0 atom stereocenters. The number of anilines is 1. The lowest BCUT2D eigenvalue weighted by Gasteiger charge is -2.26. The Morgan fingerprint density at radius 3 is 2.15 bits per heavy atom. The quantitative estimate of drug-likeness (QED) is 0.730. The van der Waals surface area contributed by atoms with Crippen LogP contribution in [0.4, 0.5) is 19.1 Å². The molecular weight excluding hydrogens is 349 g/mol. The first-order valence-corrected chi connectivity index (χ1v) is 7.59. The van der Waals surface area contributed by atoms with E-state index in [0.717, 1.165) is 0 Å². The minimum atomic E-state index is -4.67. The number of benzene rings is 2. The van der Waals surface area contributed by atoms with Gasteiger partial charge in [0.1, 0.15) is 11.5 Å². The lowest BCUT2D eigenvalue weighted by Crippen LogP contribution is -2.25. The molecule has 3 aromatic rings. The van der Waals surface area contributed by atoms with Crippen molar-refractivity contribution < 1.29 is 22.7 Å². The van der Waals surface area contributed by atoms with Crippen molar-refractivity contribution in [1.29, 1.82) is 0 Å². The molecule has 1 aliphatic rings. The van der Waals surface area contributed by atoms with Crippen LogP contribution in [-0.4, -0.2) is 21.1 Å². The van der Waals surface area contributed by atoms with E-state index in [9.17, 15) is 18.0 Å². The van der Waals surface area contributed by atoms with Gasteiger partial charge in [0.2, 0.25) is 17.7 Å². The zero-order valence-corrected chi connectivity index (χ0v) is 13.0. The molecule has 26 heavy (non-hydrogen) atoms.